The van der Waals surface area contributed by atoms with Crippen LogP contribution < -0.4 is 9.64 Å². The van der Waals surface area contributed by atoms with E-state index in [9.17, 15) is 8.78 Å². The van der Waals surface area contributed by atoms with Crippen molar-refractivity contribution in [2.45, 2.75) is 6.54 Å². The number of anilines is 1. The van der Waals surface area contributed by atoms with Crippen LogP contribution in [0.4, 0.5) is 14.5 Å². The van der Waals surface area contributed by atoms with Crippen molar-refractivity contribution in [2.24, 2.45) is 0 Å². The molecule has 1 aromatic carbocycles. The molecule has 2 aromatic rings. The highest BCUT2D eigenvalue weighted by atomic mass is 19.2. The van der Waals surface area contributed by atoms with Crippen LogP contribution in [0.3, 0.4) is 0 Å². The zero-order valence-corrected chi connectivity index (χ0v) is 9.44. The smallest absolute Gasteiger partial charge is 0.162 e. The van der Waals surface area contributed by atoms with Crippen LogP contribution in [-0.4, -0.2) is 11.7 Å². The van der Waals surface area contributed by atoms with Gasteiger partial charge in [0.15, 0.2) is 18.4 Å². The molecule has 0 N–H and O–H groups in total. The van der Waals surface area contributed by atoms with Crippen molar-refractivity contribution in [3.05, 3.63) is 53.9 Å². The lowest BCUT2D eigenvalue weighted by Gasteiger charge is -2.30. The van der Waals surface area contributed by atoms with Gasteiger partial charge in [0.1, 0.15) is 5.75 Å². The van der Waals surface area contributed by atoms with Gasteiger partial charge in [-0.3, -0.25) is 4.98 Å². The first-order valence-corrected chi connectivity index (χ1v) is 5.50. The third-order valence-corrected chi connectivity index (χ3v) is 2.87. The minimum absolute atomic E-state index is 0.308. The van der Waals surface area contributed by atoms with Gasteiger partial charge < -0.3 is 9.64 Å². The van der Waals surface area contributed by atoms with E-state index in [1.54, 1.807) is 12.4 Å². The van der Waals surface area contributed by atoms with Crippen molar-refractivity contribution in [1.29, 1.82) is 0 Å². The zero-order valence-electron chi connectivity index (χ0n) is 9.44. The van der Waals surface area contributed by atoms with Crippen molar-refractivity contribution in [2.75, 3.05) is 11.6 Å². The summed E-state index contributed by atoms with van der Waals surface area (Å²) < 4.78 is 31.7. The summed E-state index contributed by atoms with van der Waals surface area (Å²) in [6.45, 7) is 0.790. The van der Waals surface area contributed by atoms with Crippen LogP contribution in [-0.2, 0) is 6.54 Å². The summed E-state index contributed by atoms with van der Waals surface area (Å²) in [7, 11) is 0. The number of nitrogens with zero attached hydrogens (tertiary/aromatic N) is 2. The van der Waals surface area contributed by atoms with Crippen molar-refractivity contribution >= 4 is 5.69 Å². The van der Waals surface area contributed by atoms with Crippen LogP contribution in [0, 0.1) is 11.6 Å². The van der Waals surface area contributed by atoms with E-state index in [2.05, 4.69) is 4.98 Å². The summed E-state index contributed by atoms with van der Waals surface area (Å²) >= 11 is 0. The monoisotopic (exact) mass is 248 g/mol. The molecule has 0 saturated heterocycles. The minimum atomic E-state index is -0.883. The molecule has 3 rings (SSSR count). The molecule has 0 saturated carbocycles. The van der Waals surface area contributed by atoms with Gasteiger partial charge in [0, 0.05) is 36.3 Å². The molecule has 1 aliphatic rings. The van der Waals surface area contributed by atoms with E-state index >= 15 is 0 Å². The molecule has 0 unspecified atom stereocenters. The first-order valence-electron chi connectivity index (χ1n) is 5.50. The average molecular weight is 248 g/mol. The average Bonchev–Trinajstić information content (AvgIpc) is 2.41. The number of hydrogen-bond acceptors (Lipinski definition) is 3. The highest BCUT2D eigenvalue weighted by Gasteiger charge is 2.20. The largest absolute Gasteiger partial charge is 0.473 e. The van der Waals surface area contributed by atoms with Gasteiger partial charge >= 0.3 is 0 Å². The molecular formula is C13H10F2N2O. The van der Waals surface area contributed by atoms with Crippen LogP contribution >= 0.6 is 0 Å². The van der Waals surface area contributed by atoms with Crippen LogP contribution in [0.15, 0.2) is 36.7 Å². The third-order valence-electron chi connectivity index (χ3n) is 2.87. The molecule has 18 heavy (non-hydrogen) atoms. The molecule has 2 heterocycles. The summed E-state index contributed by atoms with van der Waals surface area (Å²) in [6, 6.07) is 5.95. The number of hydrogen-bond donors (Lipinski definition) is 0. The molecule has 92 valence electrons. The molecule has 0 radical (unpaired) electrons. The second kappa shape index (κ2) is 4.25. The van der Waals surface area contributed by atoms with Gasteiger partial charge in [0.25, 0.3) is 0 Å². The fourth-order valence-corrected chi connectivity index (χ4v) is 1.95. The molecule has 0 bridgehead atoms. The predicted molar refractivity (Wildman–Crippen MR) is 62.3 cm³/mol. The first-order chi connectivity index (χ1) is 8.74. The van der Waals surface area contributed by atoms with Gasteiger partial charge in [-0.1, -0.05) is 0 Å². The van der Waals surface area contributed by atoms with Gasteiger partial charge in [-0.25, -0.2) is 8.78 Å². The van der Waals surface area contributed by atoms with Crippen molar-refractivity contribution in [3.8, 4) is 5.75 Å². The highest BCUT2D eigenvalue weighted by molar-refractivity contribution is 5.48. The van der Waals surface area contributed by atoms with Crippen molar-refractivity contribution in [1.82, 2.24) is 4.98 Å². The van der Waals surface area contributed by atoms with Gasteiger partial charge in [0.2, 0.25) is 0 Å². The number of aromatic nitrogens is 1. The van der Waals surface area contributed by atoms with Crippen molar-refractivity contribution < 1.29 is 13.5 Å². The molecule has 0 aliphatic carbocycles. The van der Waals surface area contributed by atoms with Gasteiger partial charge in [-0.05, 0) is 18.2 Å². The lowest BCUT2D eigenvalue weighted by atomic mass is 10.1. The first kappa shape index (κ1) is 11.0. The summed E-state index contributed by atoms with van der Waals surface area (Å²) in [5.74, 6) is -1.33. The Bertz CT molecular complexity index is 575. The van der Waals surface area contributed by atoms with E-state index < -0.39 is 11.6 Å². The molecule has 3 nitrogen and oxygen atoms in total. The fourth-order valence-electron chi connectivity index (χ4n) is 1.95. The quantitative estimate of drug-likeness (QED) is 0.775. The number of halogens is 2. The van der Waals surface area contributed by atoms with Crippen LogP contribution in [0.1, 0.15) is 5.56 Å². The Labute approximate surface area is 103 Å². The Morgan fingerprint density at radius 2 is 1.83 bits per heavy atom. The zero-order chi connectivity index (χ0) is 12.5. The third kappa shape index (κ3) is 1.88. The highest BCUT2D eigenvalue weighted by Crippen LogP contribution is 2.29. The summed E-state index contributed by atoms with van der Waals surface area (Å²) in [5.41, 5.74) is 1.57. The maximum atomic E-state index is 13.2. The second-order valence-corrected chi connectivity index (χ2v) is 4.05. The molecule has 1 aromatic heterocycles. The maximum Gasteiger partial charge on any atom is 0.162 e. The van der Waals surface area contributed by atoms with E-state index in [-0.39, 0.29) is 0 Å². The number of ether oxygens (including phenoxy) is 1. The number of benzene rings is 1. The van der Waals surface area contributed by atoms with E-state index in [1.165, 1.54) is 6.07 Å². The Morgan fingerprint density at radius 1 is 1.11 bits per heavy atom. The molecule has 0 spiro atoms. The minimum Gasteiger partial charge on any atom is -0.473 e. The fraction of sp³-hybridized carbons (Fsp3) is 0.154. The number of fused-ring (bicyclic) bond motifs is 1. The molecule has 5 heteroatoms. The van der Waals surface area contributed by atoms with Crippen LogP contribution in [0.2, 0.25) is 0 Å². The number of pyridine rings is 1. The molecule has 0 atom stereocenters. The maximum absolute atomic E-state index is 13.2. The predicted octanol–water partition coefficient (Wildman–Crippen LogP) is 2.72. The van der Waals surface area contributed by atoms with E-state index in [0.29, 0.717) is 24.6 Å². The SMILES string of the molecule is Fc1cc2c(cc1F)OCN(c1ccncc1)C2. The van der Waals surface area contributed by atoms with Crippen molar-refractivity contribution in [3.63, 3.8) is 0 Å². The van der Waals surface area contributed by atoms with Gasteiger partial charge in [-0.2, -0.15) is 0 Å². The Morgan fingerprint density at radius 3 is 2.61 bits per heavy atom. The topological polar surface area (TPSA) is 25.4 Å². The lowest BCUT2D eigenvalue weighted by Crippen LogP contribution is -2.32. The standard InChI is InChI=1S/C13H10F2N2O/c14-11-5-9-7-17(10-1-3-16-4-2-10)8-18-13(9)6-12(11)15/h1-6H,7-8H2. The van der Waals surface area contributed by atoms with E-state index in [0.717, 1.165) is 11.8 Å². The lowest BCUT2D eigenvalue weighted by molar-refractivity contribution is 0.286. The Hall–Kier alpha value is -2.17. The summed E-state index contributed by atoms with van der Waals surface area (Å²) in [5, 5.41) is 0. The van der Waals surface area contributed by atoms with Gasteiger partial charge in [0.05, 0.1) is 0 Å². The molecule has 1 aliphatic heterocycles. The summed E-state index contributed by atoms with van der Waals surface area (Å²) in [4.78, 5) is 5.85. The Balaban J connectivity index is 1.92. The molecular weight excluding hydrogens is 238 g/mol. The van der Waals surface area contributed by atoms with Gasteiger partial charge in [-0.15, -0.1) is 0 Å². The normalized spacial score (nSPS) is 14.0. The Kier molecular flexibility index (Phi) is 2.59. The molecule has 0 amide bonds. The van der Waals surface area contributed by atoms with E-state index in [1.807, 2.05) is 17.0 Å². The summed E-state index contributed by atoms with van der Waals surface area (Å²) in [6.07, 6.45) is 3.35. The molecule has 0 fully saturated rings. The second-order valence-electron chi connectivity index (χ2n) is 4.05. The van der Waals surface area contributed by atoms with Crippen LogP contribution in [0.5, 0.6) is 5.75 Å². The number of rotatable bonds is 1. The van der Waals surface area contributed by atoms with Crippen LogP contribution in [0.25, 0.3) is 0 Å². The van der Waals surface area contributed by atoms with E-state index in [4.69, 9.17) is 4.74 Å².